The second kappa shape index (κ2) is 5.13. The molecule has 0 aliphatic carbocycles. The van der Waals surface area contributed by atoms with E-state index in [2.05, 4.69) is 9.97 Å². The Bertz CT molecular complexity index is 731. The summed E-state index contributed by atoms with van der Waals surface area (Å²) in [6, 6.07) is 1.87. The fourth-order valence-corrected chi connectivity index (χ4v) is 3.35. The number of hydrogen-bond acceptors (Lipinski definition) is 7. The summed E-state index contributed by atoms with van der Waals surface area (Å²) < 4.78 is 25.0. The molecule has 4 rings (SSSR count). The van der Waals surface area contributed by atoms with Crippen molar-refractivity contribution in [3.05, 3.63) is 18.6 Å². The van der Waals surface area contributed by atoms with Crippen molar-refractivity contribution in [2.75, 3.05) is 13.7 Å². The summed E-state index contributed by atoms with van der Waals surface area (Å²) in [7, 11) is 1.57. The lowest BCUT2D eigenvalue weighted by Gasteiger charge is -2.24. The summed E-state index contributed by atoms with van der Waals surface area (Å²) in [6.45, 7) is 3.58. The van der Waals surface area contributed by atoms with Crippen LogP contribution in [0.5, 0.6) is 5.88 Å². The third kappa shape index (κ3) is 2.21. The Morgan fingerprint density at radius 3 is 2.83 bits per heavy atom. The molecule has 23 heavy (non-hydrogen) atoms. The standard InChI is InChI=1S/C15H19N3O5/c1-15(2)22-10-9(6-19)21-14(11(10)23-15)18-5-4-8-12(18)16-7-17-13(8)20-3/h4-5,7,9-11,14,19H,6H2,1-3H3/t9-,10-,11-,14-/m1/s1. The van der Waals surface area contributed by atoms with Gasteiger partial charge in [0, 0.05) is 6.20 Å². The van der Waals surface area contributed by atoms with Crippen LogP contribution in [0.2, 0.25) is 0 Å². The number of hydrogen-bond donors (Lipinski definition) is 1. The van der Waals surface area contributed by atoms with Crippen molar-refractivity contribution in [3.8, 4) is 5.88 Å². The van der Waals surface area contributed by atoms with E-state index >= 15 is 0 Å². The van der Waals surface area contributed by atoms with Crippen molar-refractivity contribution in [2.45, 2.75) is 44.2 Å². The normalized spacial score (nSPS) is 32.3. The van der Waals surface area contributed by atoms with E-state index in [1.807, 2.05) is 30.7 Å². The monoisotopic (exact) mass is 321 g/mol. The molecule has 4 atom stereocenters. The smallest absolute Gasteiger partial charge is 0.225 e. The fourth-order valence-electron chi connectivity index (χ4n) is 3.35. The molecule has 8 nitrogen and oxygen atoms in total. The third-order valence-electron chi connectivity index (χ3n) is 4.25. The third-order valence-corrected chi connectivity index (χ3v) is 4.25. The molecule has 2 aliphatic rings. The maximum Gasteiger partial charge on any atom is 0.225 e. The van der Waals surface area contributed by atoms with Gasteiger partial charge in [-0.05, 0) is 19.9 Å². The molecular weight excluding hydrogens is 302 g/mol. The lowest BCUT2D eigenvalue weighted by molar-refractivity contribution is -0.199. The first-order chi connectivity index (χ1) is 11.0. The molecule has 0 saturated carbocycles. The summed E-state index contributed by atoms with van der Waals surface area (Å²) in [6.07, 6.45) is 1.80. The van der Waals surface area contributed by atoms with Crippen LogP contribution in [-0.2, 0) is 14.2 Å². The Morgan fingerprint density at radius 1 is 1.30 bits per heavy atom. The van der Waals surface area contributed by atoms with E-state index in [0.717, 1.165) is 5.39 Å². The van der Waals surface area contributed by atoms with Gasteiger partial charge in [0.25, 0.3) is 0 Å². The number of methoxy groups -OCH3 is 1. The Hall–Kier alpha value is -1.74. The van der Waals surface area contributed by atoms with Crippen molar-refractivity contribution in [3.63, 3.8) is 0 Å². The molecule has 0 bridgehead atoms. The van der Waals surface area contributed by atoms with E-state index in [1.165, 1.54) is 6.33 Å². The SMILES string of the molecule is COc1ncnc2c1ccn2[C@@H]1O[C@H](CO)[C@H]2OC(C)(C)O[C@H]21. The molecule has 1 N–H and O–H groups in total. The van der Waals surface area contributed by atoms with Gasteiger partial charge >= 0.3 is 0 Å². The summed E-state index contributed by atoms with van der Waals surface area (Å²) in [5.74, 6) is -0.202. The van der Waals surface area contributed by atoms with Gasteiger partial charge in [-0.1, -0.05) is 0 Å². The highest BCUT2D eigenvalue weighted by atomic mass is 16.8. The molecule has 2 aromatic rings. The molecule has 0 unspecified atom stereocenters. The molecule has 2 aliphatic heterocycles. The highest BCUT2D eigenvalue weighted by Gasteiger charge is 2.55. The second-order valence-electron chi connectivity index (χ2n) is 6.16. The zero-order chi connectivity index (χ0) is 16.2. The Morgan fingerprint density at radius 2 is 2.09 bits per heavy atom. The van der Waals surface area contributed by atoms with Crippen molar-refractivity contribution >= 4 is 11.0 Å². The molecule has 4 heterocycles. The molecule has 0 radical (unpaired) electrons. The van der Waals surface area contributed by atoms with Gasteiger partial charge in [0.1, 0.15) is 30.3 Å². The number of aromatic nitrogens is 3. The van der Waals surface area contributed by atoms with Gasteiger partial charge in [-0.25, -0.2) is 9.97 Å². The van der Waals surface area contributed by atoms with E-state index in [-0.39, 0.29) is 18.8 Å². The number of aliphatic hydroxyl groups is 1. The van der Waals surface area contributed by atoms with Crippen molar-refractivity contribution < 1.29 is 24.1 Å². The van der Waals surface area contributed by atoms with Gasteiger partial charge in [0.2, 0.25) is 5.88 Å². The molecule has 2 saturated heterocycles. The van der Waals surface area contributed by atoms with Crippen molar-refractivity contribution in [1.29, 1.82) is 0 Å². The van der Waals surface area contributed by atoms with Crippen LogP contribution < -0.4 is 4.74 Å². The number of rotatable bonds is 3. The van der Waals surface area contributed by atoms with E-state index in [9.17, 15) is 5.11 Å². The number of nitrogens with zero attached hydrogens (tertiary/aromatic N) is 3. The molecule has 2 fully saturated rings. The van der Waals surface area contributed by atoms with Crippen LogP contribution in [0.1, 0.15) is 20.1 Å². The Kier molecular flexibility index (Phi) is 3.31. The molecule has 124 valence electrons. The van der Waals surface area contributed by atoms with E-state index in [1.54, 1.807) is 7.11 Å². The average Bonchev–Trinajstić information content (AvgIpc) is 3.17. The van der Waals surface area contributed by atoms with Crippen LogP contribution in [0.25, 0.3) is 11.0 Å². The van der Waals surface area contributed by atoms with Gasteiger partial charge in [-0.3, -0.25) is 0 Å². The molecule has 0 amide bonds. The average molecular weight is 321 g/mol. The maximum absolute atomic E-state index is 9.58. The van der Waals surface area contributed by atoms with Gasteiger partial charge in [-0.2, -0.15) is 0 Å². The molecule has 0 spiro atoms. The van der Waals surface area contributed by atoms with Crippen LogP contribution in [0, 0.1) is 0 Å². The summed E-state index contributed by atoms with van der Waals surface area (Å²) >= 11 is 0. The minimum atomic E-state index is -0.708. The molecule has 2 aromatic heterocycles. The summed E-state index contributed by atoms with van der Waals surface area (Å²) in [5.41, 5.74) is 0.687. The molecule has 0 aromatic carbocycles. The number of fused-ring (bicyclic) bond motifs is 2. The first-order valence-corrected chi connectivity index (χ1v) is 7.51. The van der Waals surface area contributed by atoms with Crippen molar-refractivity contribution in [1.82, 2.24) is 14.5 Å². The second-order valence-corrected chi connectivity index (χ2v) is 6.16. The predicted molar refractivity (Wildman–Crippen MR) is 78.9 cm³/mol. The Balaban J connectivity index is 1.76. The first-order valence-electron chi connectivity index (χ1n) is 7.51. The van der Waals surface area contributed by atoms with Crippen LogP contribution in [0.4, 0.5) is 0 Å². The summed E-state index contributed by atoms with van der Waals surface area (Å²) in [4.78, 5) is 8.43. The van der Waals surface area contributed by atoms with Gasteiger partial charge in [0.05, 0.1) is 19.1 Å². The minimum Gasteiger partial charge on any atom is -0.480 e. The highest BCUT2D eigenvalue weighted by Crippen LogP contribution is 2.44. The number of ether oxygens (including phenoxy) is 4. The van der Waals surface area contributed by atoms with Crippen LogP contribution in [0.15, 0.2) is 18.6 Å². The fraction of sp³-hybridized carbons (Fsp3) is 0.600. The van der Waals surface area contributed by atoms with Gasteiger partial charge in [0.15, 0.2) is 12.0 Å². The Labute approximate surface area is 132 Å². The zero-order valence-corrected chi connectivity index (χ0v) is 13.2. The summed E-state index contributed by atoms with van der Waals surface area (Å²) in [5, 5.41) is 10.4. The van der Waals surface area contributed by atoms with E-state index in [0.29, 0.717) is 11.5 Å². The van der Waals surface area contributed by atoms with Crippen molar-refractivity contribution in [2.24, 2.45) is 0 Å². The lowest BCUT2D eigenvalue weighted by atomic mass is 10.1. The highest BCUT2D eigenvalue weighted by molar-refractivity contribution is 5.81. The lowest BCUT2D eigenvalue weighted by Crippen LogP contribution is -2.31. The number of aliphatic hydroxyl groups excluding tert-OH is 1. The first kappa shape index (κ1) is 14.8. The molecular formula is C15H19N3O5. The van der Waals surface area contributed by atoms with E-state index < -0.39 is 18.1 Å². The van der Waals surface area contributed by atoms with Gasteiger partial charge < -0.3 is 28.6 Å². The maximum atomic E-state index is 9.58. The zero-order valence-electron chi connectivity index (χ0n) is 13.2. The largest absolute Gasteiger partial charge is 0.480 e. The van der Waals surface area contributed by atoms with Gasteiger partial charge in [-0.15, -0.1) is 0 Å². The predicted octanol–water partition coefficient (Wildman–Crippen LogP) is 0.850. The quantitative estimate of drug-likeness (QED) is 0.896. The topological polar surface area (TPSA) is 87.9 Å². The minimum absolute atomic E-state index is 0.130. The van der Waals surface area contributed by atoms with Crippen LogP contribution in [-0.4, -0.2) is 57.5 Å². The van der Waals surface area contributed by atoms with Crippen LogP contribution >= 0.6 is 0 Å². The van der Waals surface area contributed by atoms with Crippen LogP contribution in [0.3, 0.4) is 0 Å². The van der Waals surface area contributed by atoms with E-state index in [4.69, 9.17) is 18.9 Å². The molecule has 8 heteroatoms.